The molecule has 1 atom stereocenters. The van der Waals surface area contributed by atoms with Crippen LogP contribution in [0.2, 0.25) is 0 Å². The van der Waals surface area contributed by atoms with Gasteiger partial charge in [0.25, 0.3) is 0 Å². The van der Waals surface area contributed by atoms with Crippen LogP contribution in [0.5, 0.6) is 0 Å². The van der Waals surface area contributed by atoms with Gasteiger partial charge < -0.3 is 6.92 Å². The monoisotopic (exact) mass is 92.1 g/mol. The molecule has 1 heteroatoms. The molecule has 0 spiro atoms. The van der Waals surface area contributed by atoms with Gasteiger partial charge >= 0.3 is 18.9 Å². The van der Waals surface area contributed by atoms with E-state index in [1.165, 1.54) is 0 Å². The average molecular weight is 92.1 g/mol. The maximum atomic E-state index is 3.84. The van der Waals surface area contributed by atoms with E-state index in [9.17, 15) is 0 Å². The summed E-state index contributed by atoms with van der Waals surface area (Å²) in [5.41, 5.74) is 0. The van der Waals surface area contributed by atoms with Crippen LogP contribution in [0.1, 0.15) is 20.8 Å². The largest absolute Gasteiger partial charge is 1.00 e. The van der Waals surface area contributed by atoms with Crippen molar-refractivity contribution in [2.45, 2.75) is 20.8 Å². The summed E-state index contributed by atoms with van der Waals surface area (Å²) in [6.45, 7) is 10.3. The third-order valence-electron chi connectivity index (χ3n) is 1.14. The molecule has 0 fully saturated rings. The minimum atomic E-state index is 0. The van der Waals surface area contributed by atoms with Crippen LogP contribution in [0.15, 0.2) is 0 Å². The summed E-state index contributed by atoms with van der Waals surface area (Å²) in [7, 11) is 0. The Hall–Kier alpha value is 0.597. The Morgan fingerprint density at radius 2 is 1.29 bits per heavy atom. The van der Waals surface area contributed by atoms with Crippen molar-refractivity contribution >= 4 is 0 Å². The molecular formula is C6H13Li. The zero-order valence-corrected chi connectivity index (χ0v) is 5.86. The van der Waals surface area contributed by atoms with Gasteiger partial charge in [-0.2, -0.15) is 5.92 Å². The third-order valence-corrected chi connectivity index (χ3v) is 1.14. The Balaban J connectivity index is 0. The van der Waals surface area contributed by atoms with Gasteiger partial charge in [0.15, 0.2) is 0 Å². The first kappa shape index (κ1) is 10.6. The van der Waals surface area contributed by atoms with Gasteiger partial charge in [-0.3, -0.25) is 0 Å². The summed E-state index contributed by atoms with van der Waals surface area (Å²) in [5.74, 6) is 1.34. The first-order valence-electron chi connectivity index (χ1n) is 2.47. The van der Waals surface area contributed by atoms with Gasteiger partial charge in [0.05, 0.1) is 0 Å². The number of hydrogen-bond donors (Lipinski definition) is 0. The van der Waals surface area contributed by atoms with Crippen LogP contribution in [0.3, 0.4) is 0 Å². The molecule has 0 aromatic carbocycles. The summed E-state index contributed by atoms with van der Waals surface area (Å²) in [4.78, 5) is 0. The van der Waals surface area contributed by atoms with E-state index in [0.717, 1.165) is 5.92 Å². The van der Waals surface area contributed by atoms with Crippen molar-refractivity contribution in [3.8, 4) is 0 Å². The van der Waals surface area contributed by atoms with Gasteiger partial charge in [-0.05, 0) is 0 Å². The van der Waals surface area contributed by atoms with E-state index in [4.69, 9.17) is 0 Å². The van der Waals surface area contributed by atoms with Crippen LogP contribution in [0.25, 0.3) is 0 Å². The van der Waals surface area contributed by atoms with Crippen molar-refractivity contribution in [3.05, 3.63) is 6.92 Å². The maximum Gasteiger partial charge on any atom is 1.00 e. The second-order valence-electron chi connectivity index (χ2n) is 2.22. The maximum absolute atomic E-state index is 3.84. The molecule has 0 aliphatic rings. The first-order valence-corrected chi connectivity index (χ1v) is 2.47. The molecule has 0 aromatic heterocycles. The Bertz CT molecular complexity index is 25.2. The van der Waals surface area contributed by atoms with Gasteiger partial charge in [0, 0.05) is 0 Å². The summed E-state index contributed by atoms with van der Waals surface area (Å²) in [6, 6.07) is 0. The van der Waals surface area contributed by atoms with Crippen LogP contribution >= 0.6 is 0 Å². The summed E-state index contributed by atoms with van der Waals surface area (Å²) in [6.07, 6.45) is 0. The van der Waals surface area contributed by atoms with Crippen molar-refractivity contribution in [3.63, 3.8) is 0 Å². The number of hydrogen-bond acceptors (Lipinski definition) is 0. The molecule has 0 saturated heterocycles. The van der Waals surface area contributed by atoms with Gasteiger partial charge in [-0.1, -0.05) is 26.7 Å². The molecule has 0 aromatic rings. The van der Waals surface area contributed by atoms with E-state index in [2.05, 4.69) is 27.7 Å². The molecule has 0 heterocycles. The third kappa shape index (κ3) is 6.60. The van der Waals surface area contributed by atoms with E-state index in [0.29, 0.717) is 5.92 Å². The van der Waals surface area contributed by atoms with E-state index in [1.54, 1.807) is 0 Å². The van der Waals surface area contributed by atoms with Crippen LogP contribution < -0.4 is 18.9 Å². The molecule has 0 radical (unpaired) electrons. The summed E-state index contributed by atoms with van der Waals surface area (Å²) < 4.78 is 0. The Morgan fingerprint density at radius 1 is 1.14 bits per heavy atom. The Morgan fingerprint density at radius 3 is 1.29 bits per heavy atom. The molecule has 0 bridgehead atoms. The molecule has 0 nitrogen and oxygen atoms in total. The Labute approximate surface area is 58.9 Å². The molecule has 0 aliphatic heterocycles. The van der Waals surface area contributed by atoms with Crippen molar-refractivity contribution in [1.29, 1.82) is 0 Å². The smallest absolute Gasteiger partial charge is 0.340 e. The second-order valence-corrected chi connectivity index (χ2v) is 2.22. The first-order chi connectivity index (χ1) is 2.64. The van der Waals surface area contributed by atoms with Gasteiger partial charge in [0.1, 0.15) is 0 Å². The van der Waals surface area contributed by atoms with Crippen molar-refractivity contribution < 1.29 is 18.9 Å². The van der Waals surface area contributed by atoms with Crippen LogP contribution in [0.4, 0.5) is 0 Å². The SMILES string of the molecule is [CH2-]C(C)C(C)C.[Li+]. The second kappa shape index (κ2) is 4.75. The van der Waals surface area contributed by atoms with Crippen LogP contribution in [-0.4, -0.2) is 0 Å². The summed E-state index contributed by atoms with van der Waals surface area (Å²) in [5, 5.41) is 0. The van der Waals surface area contributed by atoms with E-state index in [1.807, 2.05) is 0 Å². The molecule has 1 unspecified atom stereocenters. The molecule has 0 N–H and O–H groups in total. The molecule has 0 saturated carbocycles. The average Bonchev–Trinajstić information content (AvgIpc) is 1.36. The zero-order chi connectivity index (χ0) is 5.15. The van der Waals surface area contributed by atoms with Gasteiger partial charge in [0.2, 0.25) is 0 Å². The fourth-order valence-corrected chi connectivity index (χ4v) is 0. The summed E-state index contributed by atoms with van der Waals surface area (Å²) >= 11 is 0. The number of rotatable bonds is 1. The normalized spacial score (nSPS) is 13.3. The van der Waals surface area contributed by atoms with Gasteiger partial charge in [-0.25, -0.2) is 0 Å². The minimum absolute atomic E-state index is 0. The molecule has 0 aliphatic carbocycles. The van der Waals surface area contributed by atoms with E-state index < -0.39 is 0 Å². The van der Waals surface area contributed by atoms with E-state index in [-0.39, 0.29) is 18.9 Å². The predicted molar refractivity (Wildman–Crippen MR) is 29.4 cm³/mol. The van der Waals surface area contributed by atoms with Crippen LogP contribution in [0, 0.1) is 18.8 Å². The molecule has 0 amide bonds. The topological polar surface area (TPSA) is 0 Å². The predicted octanol–water partition coefficient (Wildman–Crippen LogP) is -0.883. The minimum Gasteiger partial charge on any atom is -0.340 e. The molecule has 38 valence electrons. The van der Waals surface area contributed by atoms with Crippen molar-refractivity contribution in [1.82, 2.24) is 0 Å². The Kier molecular flexibility index (Phi) is 7.16. The quantitative estimate of drug-likeness (QED) is 0.291. The van der Waals surface area contributed by atoms with Gasteiger partial charge in [-0.15, -0.1) is 0 Å². The fraction of sp³-hybridized carbons (Fsp3) is 0.833. The fourth-order valence-electron chi connectivity index (χ4n) is 0. The molecule has 0 rings (SSSR count). The van der Waals surface area contributed by atoms with Crippen LogP contribution in [-0.2, 0) is 0 Å². The molecule has 7 heavy (non-hydrogen) atoms. The van der Waals surface area contributed by atoms with Crippen molar-refractivity contribution in [2.24, 2.45) is 11.8 Å². The zero-order valence-electron chi connectivity index (χ0n) is 5.86. The standard InChI is InChI=1S/C6H13.Li/c1-5(2)6(3)4;/h5-6H,1H2,2-4H3;/q-1;+1. The van der Waals surface area contributed by atoms with E-state index >= 15 is 0 Å². The molecular weight excluding hydrogens is 79.0 g/mol. The van der Waals surface area contributed by atoms with Crippen molar-refractivity contribution in [2.75, 3.05) is 0 Å².